The maximum atomic E-state index is 12.4. The molecule has 0 aromatic heterocycles. The van der Waals surface area contributed by atoms with E-state index in [4.69, 9.17) is 0 Å². The van der Waals surface area contributed by atoms with Gasteiger partial charge in [0.2, 0.25) is 0 Å². The Labute approximate surface area is 90.2 Å². The second-order valence-corrected chi connectivity index (χ2v) is 5.43. The summed E-state index contributed by atoms with van der Waals surface area (Å²) < 4.78 is 37.3. The monoisotopic (exact) mass is 222 g/mol. The second-order valence-electron chi connectivity index (χ2n) is 5.43. The fourth-order valence-electron chi connectivity index (χ4n) is 2.49. The van der Waals surface area contributed by atoms with Crippen molar-refractivity contribution in [1.29, 1.82) is 0 Å². The third-order valence-electron chi connectivity index (χ3n) is 4.21. The van der Waals surface area contributed by atoms with Gasteiger partial charge >= 0.3 is 6.18 Å². The minimum Gasteiger partial charge on any atom is -0.171 e. The Morgan fingerprint density at radius 2 is 1.33 bits per heavy atom. The predicted molar refractivity (Wildman–Crippen MR) is 55.6 cm³/mol. The van der Waals surface area contributed by atoms with Crippen molar-refractivity contribution in [3.05, 3.63) is 0 Å². The SMILES string of the molecule is CCC(C)(C)C1CCC(C(F)(F)F)CC1. The van der Waals surface area contributed by atoms with Gasteiger partial charge in [0.05, 0.1) is 5.92 Å². The van der Waals surface area contributed by atoms with E-state index in [9.17, 15) is 13.2 Å². The number of hydrogen-bond donors (Lipinski definition) is 0. The number of halogens is 3. The molecule has 0 aromatic carbocycles. The zero-order chi connectivity index (χ0) is 11.7. The maximum absolute atomic E-state index is 12.4. The van der Waals surface area contributed by atoms with Crippen molar-refractivity contribution in [2.45, 2.75) is 59.1 Å². The van der Waals surface area contributed by atoms with Crippen LogP contribution >= 0.6 is 0 Å². The highest BCUT2D eigenvalue weighted by Gasteiger charge is 2.43. The fraction of sp³-hybridized carbons (Fsp3) is 1.00. The van der Waals surface area contributed by atoms with Crippen LogP contribution in [0, 0.1) is 17.3 Å². The molecule has 0 saturated heterocycles. The zero-order valence-electron chi connectivity index (χ0n) is 9.82. The van der Waals surface area contributed by atoms with Crippen molar-refractivity contribution in [3.8, 4) is 0 Å². The summed E-state index contributed by atoms with van der Waals surface area (Å²) in [5, 5.41) is 0. The Kier molecular flexibility index (Phi) is 3.72. The smallest absolute Gasteiger partial charge is 0.171 e. The Bertz CT molecular complexity index is 197. The highest BCUT2D eigenvalue weighted by molar-refractivity contribution is 4.84. The molecule has 0 amide bonds. The standard InChI is InChI=1S/C12H21F3/c1-4-11(2,3)9-5-7-10(8-6-9)12(13,14)15/h9-10H,4-8H2,1-3H3. The van der Waals surface area contributed by atoms with Crippen LogP contribution in [0.15, 0.2) is 0 Å². The lowest BCUT2D eigenvalue weighted by atomic mass is 9.67. The third kappa shape index (κ3) is 3.12. The summed E-state index contributed by atoms with van der Waals surface area (Å²) >= 11 is 0. The van der Waals surface area contributed by atoms with E-state index < -0.39 is 12.1 Å². The first-order valence-corrected chi connectivity index (χ1v) is 5.84. The summed E-state index contributed by atoms with van der Waals surface area (Å²) in [6.07, 6.45) is -0.777. The molecular formula is C12H21F3. The average molecular weight is 222 g/mol. The van der Waals surface area contributed by atoms with Crippen molar-refractivity contribution in [2.24, 2.45) is 17.3 Å². The van der Waals surface area contributed by atoms with Gasteiger partial charge in [0.15, 0.2) is 0 Å². The van der Waals surface area contributed by atoms with E-state index in [0.717, 1.165) is 19.3 Å². The third-order valence-corrected chi connectivity index (χ3v) is 4.21. The predicted octanol–water partition coefficient (Wildman–Crippen LogP) is 4.79. The highest BCUT2D eigenvalue weighted by Crippen LogP contribution is 2.46. The molecule has 0 aromatic rings. The van der Waals surface area contributed by atoms with Crippen LogP contribution in [-0.4, -0.2) is 6.18 Å². The summed E-state index contributed by atoms with van der Waals surface area (Å²) in [6.45, 7) is 6.47. The lowest BCUT2D eigenvalue weighted by molar-refractivity contribution is -0.186. The van der Waals surface area contributed by atoms with Gasteiger partial charge in [-0.3, -0.25) is 0 Å². The molecular weight excluding hydrogens is 201 g/mol. The maximum Gasteiger partial charge on any atom is 0.391 e. The van der Waals surface area contributed by atoms with Crippen molar-refractivity contribution in [3.63, 3.8) is 0 Å². The molecule has 0 aliphatic heterocycles. The molecule has 15 heavy (non-hydrogen) atoms. The normalized spacial score (nSPS) is 29.2. The molecule has 1 aliphatic carbocycles. The van der Waals surface area contributed by atoms with Gasteiger partial charge in [-0.15, -0.1) is 0 Å². The summed E-state index contributed by atoms with van der Waals surface area (Å²) in [7, 11) is 0. The average Bonchev–Trinajstić information content (AvgIpc) is 2.17. The summed E-state index contributed by atoms with van der Waals surface area (Å²) in [5.74, 6) is -0.567. The van der Waals surface area contributed by atoms with Crippen LogP contribution in [0.5, 0.6) is 0 Å². The minimum atomic E-state index is -3.97. The first-order valence-electron chi connectivity index (χ1n) is 5.84. The van der Waals surface area contributed by atoms with Crippen LogP contribution in [0.3, 0.4) is 0 Å². The van der Waals surface area contributed by atoms with E-state index in [0.29, 0.717) is 18.8 Å². The van der Waals surface area contributed by atoms with Gasteiger partial charge < -0.3 is 0 Å². The molecule has 1 aliphatic rings. The molecule has 0 N–H and O–H groups in total. The number of hydrogen-bond acceptors (Lipinski definition) is 0. The second kappa shape index (κ2) is 4.34. The molecule has 0 nitrogen and oxygen atoms in total. The Morgan fingerprint density at radius 3 is 1.67 bits per heavy atom. The van der Waals surface area contributed by atoms with E-state index in [1.165, 1.54) is 0 Å². The van der Waals surface area contributed by atoms with E-state index in [2.05, 4.69) is 20.8 Å². The lowest BCUT2D eigenvalue weighted by Gasteiger charge is -2.39. The highest BCUT2D eigenvalue weighted by atomic mass is 19.4. The quantitative estimate of drug-likeness (QED) is 0.630. The summed E-state index contributed by atoms with van der Waals surface area (Å²) in [4.78, 5) is 0. The van der Waals surface area contributed by atoms with Crippen LogP contribution < -0.4 is 0 Å². The van der Waals surface area contributed by atoms with Crippen LogP contribution in [0.1, 0.15) is 52.9 Å². The molecule has 1 rings (SSSR count). The van der Waals surface area contributed by atoms with Crippen LogP contribution in [0.2, 0.25) is 0 Å². The van der Waals surface area contributed by atoms with E-state index >= 15 is 0 Å². The molecule has 1 saturated carbocycles. The molecule has 0 radical (unpaired) electrons. The first kappa shape index (κ1) is 12.9. The van der Waals surface area contributed by atoms with Gasteiger partial charge in [0.25, 0.3) is 0 Å². The zero-order valence-corrected chi connectivity index (χ0v) is 9.82. The first-order chi connectivity index (χ1) is 6.77. The molecule has 0 spiro atoms. The van der Waals surface area contributed by atoms with Gasteiger partial charge in [-0.1, -0.05) is 27.2 Å². The van der Waals surface area contributed by atoms with Gasteiger partial charge in [0.1, 0.15) is 0 Å². The van der Waals surface area contributed by atoms with E-state index in [-0.39, 0.29) is 5.41 Å². The van der Waals surface area contributed by atoms with Crippen molar-refractivity contribution >= 4 is 0 Å². The minimum absolute atomic E-state index is 0.205. The fourth-order valence-corrected chi connectivity index (χ4v) is 2.49. The van der Waals surface area contributed by atoms with Gasteiger partial charge in [-0.05, 0) is 37.0 Å². The molecule has 0 bridgehead atoms. The van der Waals surface area contributed by atoms with E-state index in [1.807, 2.05) is 0 Å². The van der Waals surface area contributed by atoms with Crippen LogP contribution in [-0.2, 0) is 0 Å². The molecule has 0 unspecified atom stereocenters. The van der Waals surface area contributed by atoms with Crippen LogP contribution in [0.4, 0.5) is 13.2 Å². The largest absolute Gasteiger partial charge is 0.391 e. The number of alkyl halides is 3. The van der Waals surface area contributed by atoms with E-state index in [1.54, 1.807) is 0 Å². The topological polar surface area (TPSA) is 0 Å². The molecule has 0 atom stereocenters. The molecule has 90 valence electrons. The summed E-state index contributed by atoms with van der Waals surface area (Å²) in [5.41, 5.74) is 0.205. The van der Waals surface area contributed by atoms with Gasteiger partial charge in [0, 0.05) is 0 Å². The molecule has 0 heterocycles. The van der Waals surface area contributed by atoms with Crippen molar-refractivity contribution in [2.75, 3.05) is 0 Å². The number of rotatable bonds is 2. The summed E-state index contributed by atoms with van der Waals surface area (Å²) in [6, 6.07) is 0. The lowest BCUT2D eigenvalue weighted by Crippen LogP contribution is -2.33. The molecule has 3 heteroatoms. The van der Waals surface area contributed by atoms with Crippen molar-refractivity contribution < 1.29 is 13.2 Å². The Balaban J connectivity index is 2.50. The Morgan fingerprint density at radius 1 is 0.933 bits per heavy atom. The van der Waals surface area contributed by atoms with Crippen LogP contribution in [0.25, 0.3) is 0 Å². The van der Waals surface area contributed by atoms with Crippen molar-refractivity contribution in [1.82, 2.24) is 0 Å². The van der Waals surface area contributed by atoms with Gasteiger partial charge in [-0.2, -0.15) is 13.2 Å². The Hall–Kier alpha value is -0.210. The molecule has 1 fully saturated rings. The van der Waals surface area contributed by atoms with Gasteiger partial charge in [-0.25, -0.2) is 0 Å².